The normalized spacial score (nSPS) is 10.6. The van der Waals surface area contributed by atoms with Gasteiger partial charge in [0.1, 0.15) is 0 Å². The molecule has 0 fully saturated rings. The van der Waals surface area contributed by atoms with Gasteiger partial charge in [0, 0.05) is 14.5 Å². The van der Waals surface area contributed by atoms with E-state index in [9.17, 15) is 0 Å². The van der Waals surface area contributed by atoms with Gasteiger partial charge in [-0.1, -0.05) is 39.9 Å². The van der Waals surface area contributed by atoms with Crippen LogP contribution < -0.4 is 5.32 Å². The summed E-state index contributed by atoms with van der Waals surface area (Å²) >= 11 is 4.95. The van der Waals surface area contributed by atoms with Crippen molar-refractivity contribution in [1.29, 1.82) is 0 Å². The summed E-state index contributed by atoms with van der Waals surface area (Å²) in [7, 11) is 4.18. The lowest BCUT2D eigenvalue weighted by Gasteiger charge is -2.28. The fourth-order valence-electron chi connectivity index (χ4n) is 1.28. The van der Waals surface area contributed by atoms with E-state index in [0.29, 0.717) is 0 Å². The molecule has 0 saturated heterocycles. The number of hydrogen-bond acceptors (Lipinski definition) is 2. The molecule has 0 spiro atoms. The summed E-state index contributed by atoms with van der Waals surface area (Å²) in [5.74, 6) is 0. The SMILES string of the molecule is CC.CC(=S)NCC(C)(C)CN(C)C.[HH]. The Kier molecular flexibility index (Phi) is 9.52. The molecule has 0 rings (SSSR count). The summed E-state index contributed by atoms with van der Waals surface area (Å²) in [5, 5.41) is 3.20. The zero-order valence-electron chi connectivity index (χ0n) is 10.8. The fraction of sp³-hybridized carbons (Fsp3) is 0.909. The van der Waals surface area contributed by atoms with E-state index in [1.54, 1.807) is 0 Å². The predicted molar refractivity (Wildman–Crippen MR) is 72.1 cm³/mol. The highest BCUT2D eigenvalue weighted by atomic mass is 32.1. The van der Waals surface area contributed by atoms with Crippen molar-refractivity contribution >= 4 is 17.2 Å². The molecule has 0 aliphatic rings. The molecule has 0 aromatic heterocycles. The molecule has 14 heavy (non-hydrogen) atoms. The summed E-state index contributed by atoms with van der Waals surface area (Å²) in [6.45, 7) is 12.4. The number of hydrogen-bond donors (Lipinski definition) is 1. The Morgan fingerprint density at radius 3 is 2.07 bits per heavy atom. The van der Waals surface area contributed by atoms with Crippen LogP contribution in [-0.2, 0) is 0 Å². The van der Waals surface area contributed by atoms with Gasteiger partial charge in [-0.05, 0) is 26.4 Å². The van der Waals surface area contributed by atoms with E-state index in [4.69, 9.17) is 12.2 Å². The van der Waals surface area contributed by atoms with Crippen LogP contribution in [0.25, 0.3) is 0 Å². The number of nitrogens with zero attached hydrogens (tertiary/aromatic N) is 1. The Bertz CT molecular complexity index is 159. The minimum absolute atomic E-state index is 0. The molecule has 0 heterocycles. The van der Waals surface area contributed by atoms with Crippen LogP contribution in [-0.4, -0.2) is 37.1 Å². The lowest BCUT2D eigenvalue weighted by Crippen LogP contribution is -2.38. The van der Waals surface area contributed by atoms with Crippen LogP contribution in [0.4, 0.5) is 0 Å². The largest absolute Gasteiger partial charge is 0.379 e. The Morgan fingerprint density at radius 2 is 1.79 bits per heavy atom. The number of thiocarbonyl (C=S) groups is 1. The van der Waals surface area contributed by atoms with Crippen LogP contribution in [0.5, 0.6) is 0 Å². The van der Waals surface area contributed by atoms with Crippen molar-refractivity contribution < 1.29 is 1.43 Å². The summed E-state index contributed by atoms with van der Waals surface area (Å²) in [5.41, 5.74) is 0.281. The highest BCUT2D eigenvalue weighted by Gasteiger charge is 2.18. The van der Waals surface area contributed by atoms with Crippen LogP contribution in [0.1, 0.15) is 36.0 Å². The minimum Gasteiger partial charge on any atom is -0.379 e. The zero-order chi connectivity index (χ0) is 11.8. The Balaban J connectivity index is -0.000000449. The molecule has 0 bridgehead atoms. The van der Waals surface area contributed by atoms with Crippen molar-refractivity contribution in [2.24, 2.45) is 5.41 Å². The van der Waals surface area contributed by atoms with E-state index in [-0.39, 0.29) is 6.84 Å². The van der Waals surface area contributed by atoms with Crippen molar-refractivity contribution in [3.63, 3.8) is 0 Å². The Morgan fingerprint density at radius 1 is 1.36 bits per heavy atom. The van der Waals surface area contributed by atoms with Crippen molar-refractivity contribution in [2.75, 3.05) is 27.2 Å². The molecule has 0 aromatic rings. The maximum atomic E-state index is 4.95. The third-order valence-corrected chi connectivity index (χ3v) is 1.70. The van der Waals surface area contributed by atoms with Crippen LogP contribution >= 0.6 is 12.2 Å². The van der Waals surface area contributed by atoms with Gasteiger partial charge in [-0.25, -0.2) is 0 Å². The highest BCUT2D eigenvalue weighted by Crippen LogP contribution is 2.13. The summed E-state index contributed by atoms with van der Waals surface area (Å²) < 4.78 is 0. The van der Waals surface area contributed by atoms with E-state index < -0.39 is 0 Å². The van der Waals surface area contributed by atoms with Crippen molar-refractivity contribution in [3.05, 3.63) is 0 Å². The van der Waals surface area contributed by atoms with Crippen LogP contribution in [0, 0.1) is 5.41 Å². The van der Waals surface area contributed by atoms with Gasteiger partial charge < -0.3 is 10.2 Å². The smallest absolute Gasteiger partial charge is 0.0722 e. The van der Waals surface area contributed by atoms with Gasteiger partial charge in [0.2, 0.25) is 0 Å². The number of rotatable bonds is 4. The maximum Gasteiger partial charge on any atom is 0.0722 e. The molecule has 1 N–H and O–H groups in total. The molecule has 2 nitrogen and oxygen atoms in total. The van der Waals surface area contributed by atoms with Gasteiger partial charge in [0.05, 0.1) is 4.99 Å². The molecule has 0 saturated carbocycles. The Labute approximate surface area is 96.5 Å². The lowest BCUT2D eigenvalue weighted by molar-refractivity contribution is 0.241. The van der Waals surface area contributed by atoms with Gasteiger partial charge in [0.15, 0.2) is 0 Å². The zero-order valence-corrected chi connectivity index (χ0v) is 11.6. The highest BCUT2D eigenvalue weighted by molar-refractivity contribution is 7.80. The third-order valence-electron chi connectivity index (χ3n) is 1.56. The minimum atomic E-state index is 0. The average Bonchev–Trinajstić information content (AvgIpc) is 2.03. The number of nitrogens with one attached hydrogen (secondary N) is 1. The lowest BCUT2D eigenvalue weighted by atomic mass is 9.93. The quantitative estimate of drug-likeness (QED) is 0.734. The second-order valence-electron chi connectivity index (χ2n) is 4.31. The molecule has 0 radical (unpaired) electrons. The molecular weight excluding hydrogens is 192 g/mol. The van der Waals surface area contributed by atoms with Gasteiger partial charge in [-0.15, -0.1) is 0 Å². The van der Waals surface area contributed by atoms with Gasteiger partial charge in [0.25, 0.3) is 0 Å². The maximum absolute atomic E-state index is 4.95. The third kappa shape index (κ3) is 11.8. The summed E-state index contributed by atoms with van der Waals surface area (Å²) in [6.07, 6.45) is 0. The van der Waals surface area contributed by atoms with E-state index in [1.807, 2.05) is 20.8 Å². The second kappa shape index (κ2) is 8.18. The van der Waals surface area contributed by atoms with E-state index in [0.717, 1.165) is 18.1 Å². The molecule has 3 heteroatoms. The molecule has 88 valence electrons. The first-order valence-corrected chi connectivity index (χ1v) is 5.63. The predicted octanol–water partition coefficient (Wildman–Crippen LogP) is 2.78. The molecule has 0 aliphatic carbocycles. The van der Waals surface area contributed by atoms with E-state index in [2.05, 4.69) is 38.2 Å². The van der Waals surface area contributed by atoms with Gasteiger partial charge in [-0.3, -0.25) is 0 Å². The van der Waals surface area contributed by atoms with Gasteiger partial charge >= 0.3 is 0 Å². The molecule has 0 unspecified atom stereocenters. The summed E-state index contributed by atoms with van der Waals surface area (Å²) in [4.78, 5) is 3.07. The standard InChI is InChI=1S/C9H20N2S.C2H6.H2/c1-8(12)10-6-9(2,3)7-11(4)5;1-2;/h6-7H2,1-5H3,(H,10,12);1-2H3;1H. The van der Waals surface area contributed by atoms with Crippen LogP contribution in [0.15, 0.2) is 0 Å². The van der Waals surface area contributed by atoms with E-state index >= 15 is 0 Å². The first-order chi connectivity index (χ1) is 6.33. The first kappa shape index (κ1) is 16.3. The fourth-order valence-corrected chi connectivity index (χ4v) is 1.35. The molecular formula is C11H28N2S. The van der Waals surface area contributed by atoms with Crippen molar-refractivity contribution in [1.82, 2.24) is 10.2 Å². The second-order valence-corrected chi connectivity index (χ2v) is 4.92. The monoisotopic (exact) mass is 220 g/mol. The first-order valence-electron chi connectivity index (χ1n) is 5.23. The van der Waals surface area contributed by atoms with Crippen molar-refractivity contribution in [2.45, 2.75) is 34.6 Å². The topological polar surface area (TPSA) is 15.3 Å². The molecule has 0 atom stereocenters. The van der Waals surface area contributed by atoms with Crippen LogP contribution in [0.3, 0.4) is 0 Å². The molecule has 0 aromatic carbocycles. The Hall–Kier alpha value is -0.150. The van der Waals surface area contributed by atoms with Crippen LogP contribution in [0.2, 0.25) is 0 Å². The average molecular weight is 220 g/mol. The van der Waals surface area contributed by atoms with Gasteiger partial charge in [-0.2, -0.15) is 0 Å². The summed E-state index contributed by atoms with van der Waals surface area (Å²) in [6, 6.07) is 0. The van der Waals surface area contributed by atoms with E-state index in [1.165, 1.54) is 0 Å². The van der Waals surface area contributed by atoms with Crippen molar-refractivity contribution in [3.8, 4) is 0 Å². The molecule has 0 amide bonds. The molecule has 0 aliphatic heterocycles.